The normalized spacial score (nSPS) is 19.1. The van der Waals surface area contributed by atoms with Gasteiger partial charge < -0.3 is 40.0 Å². The molecule has 0 saturated carbocycles. The molecule has 0 spiro atoms. The van der Waals surface area contributed by atoms with E-state index in [1.165, 1.54) is 0 Å². The Kier molecular flexibility index (Phi) is 12.7. The molecular formula is C49H48ClN3O6. The number of ether oxygens (including phenoxy) is 3. The van der Waals surface area contributed by atoms with Crippen molar-refractivity contribution in [3.05, 3.63) is 184 Å². The SMILES string of the molecule is O=C(NCc1ccccc1-c1ccc(C2OC(CN3CCC(O)(c4ccc(Cl)cc4)CC3)CC(c3ccc(CO)cc3)O2)cc1)Nc1ccc(Oc2ccccc2)cc1. The fourth-order valence-electron chi connectivity index (χ4n) is 7.83. The summed E-state index contributed by atoms with van der Waals surface area (Å²) in [6.45, 7) is 2.50. The molecule has 2 heterocycles. The number of urea groups is 1. The number of para-hydroxylation sites is 1. The molecule has 10 heteroatoms. The molecule has 2 saturated heterocycles. The molecule has 0 aromatic heterocycles. The largest absolute Gasteiger partial charge is 0.457 e. The number of carbonyl (C=O) groups excluding carboxylic acids is 1. The van der Waals surface area contributed by atoms with E-state index in [2.05, 4.69) is 33.7 Å². The van der Waals surface area contributed by atoms with E-state index in [4.69, 9.17) is 25.8 Å². The summed E-state index contributed by atoms with van der Waals surface area (Å²) >= 11 is 6.11. The second-order valence-electron chi connectivity index (χ2n) is 15.2. The maximum absolute atomic E-state index is 12.9. The number of aliphatic hydroxyl groups excluding tert-OH is 1. The monoisotopic (exact) mass is 809 g/mol. The highest BCUT2D eigenvalue weighted by Crippen LogP contribution is 2.40. The lowest BCUT2D eigenvalue weighted by Crippen LogP contribution is -2.46. The van der Waals surface area contributed by atoms with Crippen LogP contribution in [0.1, 0.15) is 59.5 Å². The Morgan fingerprint density at radius 2 is 1.42 bits per heavy atom. The van der Waals surface area contributed by atoms with Gasteiger partial charge in [-0.15, -0.1) is 0 Å². The summed E-state index contributed by atoms with van der Waals surface area (Å²) < 4.78 is 19.2. The van der Waals surface area contributed by atoms with E-state index in [0.29, 0.717) is 48.8 Å². The molecule has 59 heavy (non-hydrogen) atoms. The van der Waals surface area contributed by atoms with Gasteiger partial charge in [0.15, 0.2) is 6.29 Å². The first-order chi connectivity index (χ1) is 28.8. The van der Waals surface area contributed by atoms with Crippen LogP contribution in [0.3, 0.4) is 0 Å². The quantitative estimate of drug-likeness (QED) is 0.0974. The van der Waals surface area contributed by atoms with Gasteiger partial charge in [0.05, 0.1) is 24.4 Å². The van der Waals surface area contributed by atoms with E-state index in [1.807, 2.05) is 133 Å². The molecule has 2 aliphatic rings. The minimum Gasteiger partial charge on any atom is -0.457 e. The number of hydrogen-bond donors (Lipinski definition) is 4. The zero-order valence-electron chi connectivity index (χ0n) is 32.7. The van der Waals surface area contributed by atoms with Crippen molar-refractivity contribution >= 4 is 23.3 Å². The maximum Gasteiger partial charge on any atom is 0.319 e. The van der Waals surface area contributed by atoms with Crippen LogP contribution in [0.5, 0.6) is 11.5 Å². The number of amides is 2. The molecule has 9 nitrogen and oxygen atoms in total. The fourth-order valence-corrected chi connectivity index (χ4v) is 7.96. The van der Waals surface area contributed by atoms with E-state index >= 15 is 0 Å². The Labute approximate surface area is 350 Å². The Morgan fingerprint density at radius 3 is 2.14 bits per heavy atom. The Morgan fingerprint density at radius 1 is 0.763 bits per heavy atom. The van der Waals surface area contributed by atoms with Crippen LogP contribution < -0.4 is 15.4 Å². The van der Waals surface area contributed by atoms with Crippen molar-refractivity contribution in [1.82, 2.24) is 10.2 Å². The molecule has 3 atom stereocenters. The average Bonchev–Trinajstić information content (AvgIpc) is 3.28. The molecule has 0 radical (unpaired) electrons. The average molecular weight is 810 g/mol. The van der Waals surface area contributed by atoms with Crippen LogP contribution in [0.4, 0.5) is 10.5 Å². The number of carbonyl (C=O) groups is 1. The van der Waals surface area contributed by atoms with Crippen molar-refractivity contribution in [3.63, 3.8) is 0 Å². The molecule has 3 unspecified atom stereocenters. The number of likely N-dealkylation sites (tertiary alicyclic amines) is 1. The summed E-state index contributed by atoms with van der Waals surface area (Å²) in [4.78, 5) is 15.3. The highest BCUT2D eigenvalue weighted by Gasteiger charge is 2.37. The van der Waals surface area contributed by atoms with Gasteiger partial charge in [-0.25, -0.2) is 4.79 Å². The van der Waals surface area contributed by atoms with Gasteiger partial charge in [-0.1, -0.05) is 115 Å². The zero-order valence-corrected chi connectivity index (χ0v) is 33.4. The molecular weight excluding hydrogens is 762 g/mol. The van der Waals surface area contributed by atoms with Crippen molar-refractivity contribution in [2.24, 2.45) is 0 Å². The van der Waals surface area contributed by atoms with Gasteiger partial charge in [0.2, 0.25) is 0 Å². The third-order valence-electron chi connectivity index (χ3n) is 11.2. The minimum atomic E-state index is -0.883. The fraction of sp³-hybridized carbons (Fsp3) is 0.245. The van der Waals surface area contributed by atoms with Crippen LogP contribution in [-0.2, 0) is 28.2 Å². The molecule has 2 fully saturated rings. The first-order valence-electron chi connectivity index (χ1n) is 20.1. The minimum absolute atomic E-state index is 0.0171. The number of nitrogens with one attached hydrogen (secondary N) is 2. The number of hydrogen-bond acceptors (Lipinski definition) is 7. The van der Waals surface area contributed by atoms with E-state index in [0.717, 1.165) is 57.8 Å². The number of piperidine rings is 1. The van der Waals surface area contributed by atoms with Gasteiger partial charge in [0, 0.05) is 48.9 Å². The van der Waals surface area contributed by atoms with Crippen molar-refractivity contribution in [1.29, 1.82) is 0 Å². The summed E-state index contributed by atoms with van der Waals surface area (Å²) in [6.07, 6.45) is 0.996. The summed E-state index contributed by atoms with van der Waals surface area (Å²) in [5.74, 6) is 1.43. The van der Waals surface area contributed by atoms with Crippen molar-refractivity contribution in [2.45, 2.75) is 56.5 Å². The smallest absolute Gasteiger partial charge is 0.319 e. The summed E-state index contributed by atoms with van der Waals surface area (Å²) in [6, 6.07) is 48.2. The standard InChI is InChI=1S/C49H48ClN3O6/c50-40-20-18-39(19-21-40)49(56)26-28-53(29-27-49)32-44-30-46(36-12-10-34(33-54)11-13-36)59-47(58-44)37-16-14-35(15-17-37)45-9-5-4-6-38(45)31-51-48(55)52-41-22-24-43(25-23-41)57-42-7-2-1-3-8-42/h1-25,44,46-47,54,56H,26-33H2,(H2,51,52,55). The molecule has 8 rings (SSSR count). The molecule has 6 aromatic rings. The predicted octanol–water partition coefficient (Wildman–Crippen LogP) is 10.1. The van der Waals surface area contributed by atoms with E-state index in [9.17, 15) is 15.0 Å². The molecule has 4 N–H and O–H groups in total. The number of benzene rings is 6. The predicted molar refractivity (Wildman–Crippen MR) is 230 cm³/mol. The van der Waals surface area contributed by atoms with Crippen molar-refractivity contribution in [2.75, 3.05) is 25.0 Å². The Balaban J connectivity index is 0.913. The molecule has 2 amide bonds. The Hall–Kier alpha value is -5.52. The van der Waals surface area contributed by atoms with Gasteiger partial charge in [-0.2, -0.15) is 0 Å². The van der Waals surface area contributed by atoms with Gasteiger partial charge in [0.25, 0.3) is 0 Å². The van der Waals surface area contributed by atoms with E-state index < -0.39 is 11.9 Å². The van der Waals surface area contributed by atoms with Gasteiger partial charge >= 0.3 is 6.03 Å². The van der Waals surface area contributed by atoms with Crippen LogP contribution in [0.25, 0.3) is 11.1 Å². The Bertz CT molecular complexity index is 2280. The maximum atomic E-state index is 12.9. The van der Waals surface area contributed by atoms with Crippen LogP contribution >= 0.6 is 11.6 Å². The lowest BCUT2D eigenvalue weighted by Gasteiger charge is -2.42. The molecule has 0 bridgehead atoms. The first-order valence-corrected chi connectivity index (χ1v) is 20.5. The lowest BCUT2D eigenvalue weighted by molar-refractivity contribution is -0.253. The van der Waals surface area contributed by atoms with Crippen LogP contribution in [0.15, 0.2) is 152 Å². The molecule has 302 valence electrons. The number of nitrogens with zero attached hydrogens (tertiary/aromatic N) is 1. The van der Waals surface area contributed by atoms with Crippen LogP contribution in [0.2, 0.25) is 5.02 Å². The molecule has 6 aromatic carbocycles. The van der Waals surface area contributed by atoms with E-state index in [1.54, 1.807) is 0 Å². The third-order valence-corrected chi connectivity index (χ3v) is 11.4. The third kappa shape index (κ3) is 10.2. The lowest BCUT2D eigenvalue weighted by atomic mass is 9.84. The van der Waals surface area contributed by atoms with Crippen molar-refractivity contribution < 1.29 is 29.2 Å². The summed E-state index contributed by atoms with van der Waals surface area (Å²) in [5.41, 5.74) is 6.45. The van der Waals surface area contributed by atoms with E-state index in [-0.39, 0.29) is 24.8 Å². The number of anilines is 1. The number of rotatable bonds is 12. The summed E-state index contributed by atoms with van der Waals surface area (Å²) in [7, 11) is 0. The number of aliphatic hydroxyl groups is 2. The summed E-state index contributed by atoms with van der Waals surface area (Å²) in [5, 5.41) is 27.7. The topological polar surface area (TPSA) is 113 Å². The van der Waals surface area contributed by atoms with Crippen LogP contribution in [0, 0.1) is 0 Å². The highest BCUT2D eigenvalue weighted by molar-refractivity contribution is 6.30. The number of halogens is 1. The highest BCUT2D eigenvalue weighted by atomic mass is 35.5. The molecule has 2 aliphatic heterocycles. The second-order valence-corrected chi connectivity index (χ2v) is 15.7. The van der Waals surface area contributed by atoms with Gasteiger partial charge in [-0.05, 0) is 94.8 Å². The van der Waals surface area contributed by atoms with Crippen LogP contribution in [-0.4, -0.2) is 46.9 Å². The second kappa shape index (κ2) is 18.6. The van der Waals surface area contributed by atoms with Crippen molar-refractivity contribution in [3.8, 4) is 22.6 Å². The van der Waals surface area contributed by atoms with Gasteiger partial charge in [0.1, 0.15) is 11.5 Å². The van der Waals surface area contributed by atoms with Gasteiger partial charge in [-0.3, -0.25) is 0 Å². The first kappa shape index (κ1) is 40.3. The zero-order chi connectivity index (χ0) is 40.6. The molecule has 0 aliphatic carbocycles.